The molecule has 2 aromatic rings. The van der Waals surface area contributed by atoms with Crippen LogP contribution in [0.25, 0.3) is 0 Å². The van der Waals surface area contributed by atoms with Crippen LogP contribution in [0.3, 0.4) is 0 Å². The van der Waals surface area contributed by atoms with Crippen LogP contribution in [0.4, 0.5) is 0 Å². The van der Waals surface area contributed by atoms with Gasteiger partial charge in [-0.3, -0.25) is 9.80 Å². The first-order valence-corrected chi connectivity index (χ1v) is 10.4. The molecule has 0 fully saturated rings. The zero-order valence-corrected chi connectivity index (χ0v) is 18.6. The summed E-state index contributed by atoms with van der Waals surface area (Å²) in [6, 6.07) is 8.99. The first-order valence-electron chi connectivity index (χ1n) is 9.95. The highest BCUT2D eigenvalue weighted by Crippen LogP contribution is 2.21. The quantitative estimate of drug-likeness (QED) is 0.554. The molecule has 0 aliphatic carbocycles. The van der Waals surface area contributed by atoms with Gasteiger partial charge in [-0.05, 0) is 58.7 Å². The minimum atomic E-state index is 0.284. The zero-order valence-electron chi connectivity index (χ0n) is 17.8. The molecular weight excluding hydrogens is 354 g/mol. The summed E-state index contributed by atoms with van der Waals surface area (Å²) in [5, 5.41) is 4.94. The largest absolute Gasteiger partial charge is 0.303 e. The van der Waals surface area contributed by atoms with Gasteiger partial charge in [-0.1, -0.05) is 50.1 Å². The van der Waals surface area contributed by atoms with Crippen molar-refractivity contribution in [2.45, 2.75) is 65.8 Å². The molecule has 1 heterocycles. The van der Waals surface area contributed by atoms with Gasteiger partial charge in [0, 0.05) is 13.1 Å². The molecule has 0 amide bonds. The number of nitrogens with zero attached hydrogens (tertiary/aromatic N) is 5. The normalized spacial score (nSPS) is 12.9. The van der Waals surface area contributed by atoms with E-state index in [9.17, 15) is 0 Å². The molecule has 27 heavy (non-hydrogen) atoms. The lowest BCUT2D eigenvalue weighted by molar-refractivity contribution is 0.239. The van der Waals surface area contributed by atoms with Gasteiger partial charge in [0.05, 0.1) is 12.7 Å². The molecule has 0 bridgehead atoms. The Hall–Kier alpha value is -1.50. The van der Waals surface area contributed by atoms with Crippen molar-refractivity contribution in [2.24, 2.45) is 0 Å². The Morgan fingerprint density at radius 3 is 2.33 bits per heavy atom. The molecular formula is C21H35N5S. The Kier molecular flexibility index (Phi) is 8.20. The Morgan fingerprint density at radius 2 is 1.78 bits per heavy atom. The standard InChI is InChI=1S/C21H35N5S/c1-7-9-14-25-20(19(8-2)23(4)5)22-26(21(25)27)16-24(6)15-18-12-10-17(3)11-13-18/h10-13,19H,7-9,14-16H2,1-6H3. The van der Waals surface area contributed by atoms with Gasteiger partial charge in [-0.25, -0.2) is 4.68 Å². The van der Waals surface area contributed by atoms with Gasteiger partial charge < -0.3 is 4.57 Å². The maximum atomic E-state index is 5.80. The van der Waals surface area contributed by atoms with E-state index >= 15 is 0 Å². The molecule has 0 spiro atoms. The van der Waals surface area contributed by atoms with Crippen LogP contribution in [0.2, 0.25) is 0 Å². The number of benzene rings is 1. The average Bonchev–Trinajstić information content (AvgIpc) is 2.91. The summed E-state index contributed by atoms with van der Waals surface area (Å²) < 4.78 is 5.06. The van der Waals surface area contributed by atoms with Gasteiger partial charge in [0.25, 0.3) is 0 Å². The predicted octanol–water partition coefficient (Wildman–Crippen LogP) is 4.62. The van der Waals surface area contributed by atoms with Crippen molar-refractivity contribution in [3.63, 3.8) is 0 Å². The Morgan fingerprint density at radius 1 is 1.11 bits per heavy atom. The van der Waals surface area contributed by atoms with Crippen molar-refractivity contribution in [2.75, 3.05) is 21.1 Å². The highest BCUT2D eigenvalue weighted by molar-refractivity contribution is 7.71. The van der Waals surface area contributed by atoms with Crippen molar-refractivity contribution in [1.82, 2.24) is 24.1 Å². The molecule has 1 unspecified atom stereocenters. The number of aromatic nitrogens is 3. The highest BCUT2D eigenvalue weighted by atomic mass is 32.1. The Bertz CT molecular complexity index is 760. The summed E-state index contributed by atoms with van der Waals surface area (Å²) in [4.78, 5) is 4.50. The molecule has 1 aromatic carbocycles. The molecule has 0 radical (unpaired) electrons. The molecule has 2 rings (SSSR count). The van der Waals surface area contributed by atoms with E-state index in [4.69, 9.17) is 17.3 Å². The van der Waals surface area contributed by atoms with Crippen molar-refractivity contribution in [3.05, 3.63) is 46.0 Å². The lowest BCUT2D eigenvalue weighted by Crippen LogP contribution is -2.24. The van der Waals surface area contributed by atoms with E-state index in [-0.39, 0.29) is 6.04 Å². The van der Waals surface area contributed by atoms with Crippen LogP contribution in [0, 0.1) is 11.7 Å². The Labute approximate surface area is 169 Å². The van der Waals surface area contributed by atoms with Crippen LogP contribution in [0.5, 0.6) is 0 Å². The van der Waals surface area contributed by atoms with Gasteiger partial charge in [-0.15, -0.1) is 0 Å². The summed E-state index contributed by atoms with van der Waals surface area (Å²) >= 11 is 5.80. The number of hydrogen-bond acceptors (Lipinski definition) is 4. The van der Waals surface area contributed by atoms with Crippen molar-refractivity contribution >= 4 is 12.2 Å². The van der Waals surface area contributed by atoms with Gasteiger partial charge in [0.15, 0.2) is 4.77 Å². The summed E-state index contributed by atoms with van der Waals surface area (Å²) in [6.07, 6.45) is 3.29. The fourth-order valence-electron chi connectivity index (χ4n) is 3.39. The van der Waals surface area contributed by atoms with Crippen LogP contribution in [0.15, 0.2) is 24.3 Å². The van der Waals surface area contributed by atoms with E-state index in [0.29, 0.717) is 6.67 Å². The lowest BCUT2D eigenvalue weighted by atomic mass is 10.1. The van der Waals surface area contributed by atoms with Crippen molar-refractivity contribution in [3.8, 4) is 0 Å². The van der Waals surface area contributed by atoms with Gasteiger partial charge in [0.2, 0.25) is 0 Å². The number of unbranched alkanes of at least 4 members (excludes halogenated alkanes) is 1. The van der Waals surface area contributed by atoms with E-state index in [1.165, 1.54) is 11.1 Å². The van der Waals surface area contributed by atoms with E-state index in [2.05, 4.69) is 80.5 Å². The summed E-state index contributed by atoms with van der Waals surface area (Å²) in [5.41, 5.74) is 2.59. The fraction of sp³-hybridized carbons (Fsp3) is 0.619. The second-order valence-corrected chi connectivity index (χ2v) is 8.04. The maximum Gasteiger partial charge on any atom is 0.199 e. The van der Waals surface area contributed by atoms with Crippen LogP contribution >= 0.6 is 12.2 Å². The molecule has 5 nitrogen and oxygen atoms in total. The molecule has 0 aliphatic heterocycles. The highest BCUT2D eigenvalue weighted by Gasteiger charge is 2.21. The summed E-state index contributed by atoms with van der Waals surface area (Å²) in [6.45, 7) is 9.06. The minimum Gasteiger partial charge on any atom is -0.303 e. The van der Waals surface area contributed by atoms with E-state index in [1.54, 1.807) is 0 Å². The second kappa shape index (κ2) is 10.2. The van der Waals surface area contributed by atoms with E-state index in [1.807, 2.05) is 4.68 Å². The third-order valence-electron chi connectivity index (χ3n) is 4.94. The van der Waals surface area contributed by atoms with Crippen LogP contribution in [0.1, 0.15) is 56.1 Å². The van der Waals surface area contributed by atoms with Crippen molar-refractivity contribution < 1.29 is 0 Å². The van der Waals surface area contributed by atoms with Gasteiger partial charge in [-0.2, -0.15) is 5.10 Å². The van der Waals surface area contributed by atoms with Crippen LogP contribution in [-0.4, -0.2) is 45.3 Å². The molecule has 150 valence electrons. The lowest BCUT2D eigenvalue weighted by Gasteiger charge is -2.22. The number of hydrogen-bond donors (Lipinski definition) is 0. The third-order valence-corrected chi connectivity index (χ3v) is 5.37. The second-order valence-electron chi connectivity index (χ2n) is 7.67. The smallest absolute Gasteiger partial charge is 0.199 e. The first-order chi connectivity index (χ1) is 12.9. The Balaban J connectivity index is 2.23. The van der Waals surface area contributed by atoms with Crippen molar-refractivity contribution in [1.29, 1.82) is 0 Å². The summed E-state index contributed by atoms with van der Waals surface area (Å²) in [7, 11) is 6.35. The molecule has 0 N–H and O–H groups in total. The zero-order chi connectivity index (χ0) is 20.0. The minimum absolute atomic E-state index is 0.284. The summed E-state index contributed by atoms with van der Waals surface area (Å²) in [5.74, 6) is 1.09. The molecule has 0 saturated heterocycles. The maximum absolute atomic E-state index is 5.80. The third kappa shape index (κ3) is 5.74. The topological polar surface area (TPSA) is 29.2 Å². The number of rotatable bonds is 10. The molecule has 1 atom stereocenters. The average molecular weight is 390 g/mol. The SMILES string of the molecule is CCCCn1c(C(CC)N(C)C)nn(CN(C)Cc2ccc(C)cc2)c1=S. The van der Waals surface area contributed by atoms with Crippen LogP contribution in [-0.2, 0) is 19.8 Å². The number of aryl methyl sites for hydroxylation is 1. The molecule has 6 heteroatoms. The van der Waals surface area contributed by atoms with Gasteiger partial charge >= 0.3 is 0 Å². The monoisotopic (exact) mass is 389 g/mol. The molecule has 0 aliphatic rings. The van der Waals surface area contributed by atoms with E-state index < -0.39 is 0 Å². The fourth-order valence-corrected chi connectivity index (χ4v) is 3.67. The van der Waals surface area contributed by atoms with E-state index in [0.717, 1.165) is 42.9 Å². The molecule has 0 saturated carbocycles. The molecule has 1 aromatic heterocycles. The predicted molar refractivity (Wildman–Crippen MR) is 115 cm³/mol. The van der Waals surface area contributed by atoms with Gasteiger partial charge in [0.1, 0.15) is 5.82 Å². The first kappa shape index (κ1) is 21.8. The van der Waals surface area contributed by atoms with Crippen LogP contribution < -0.4 is 0 Å².